The van der Waals surface area contributed by atoms with Gasteiger partial charge in [0, 0.05) is 6.20 Å². The van der Waals surface area contributed by atoms with Crippen molar-refractivity contribution >= 4 is 17.2 Å². The molecule has 0 unspecified atom stereocenters. The van der Waals surface area contributed by atoms with Gasteiger partial charge in [-0.3, -0.25) is 0 Å². The second-order valence-electron chi connectivity index (χ2n) is 2.97. The van der Waals surface area contributed by atoms with E-state index in [1.165, 1.54) is 0 Å². The van der Waals surface area contributed by atoms with Gasteiger partial charge >= 0.3 is 0 Å². The van der Waals surface area contributed by atoms with Crippen molar-refractivity contribution in [1.29, 1.82) is 5.53 Å². The minimum absolute atomic E-state index is 0.600. The number of anilines is 2. The first-order chi connectivity index (χ1) is 7.40. The molecule has 1 aromatic heterocycles. The van der Waals surface area contributed by atoms with E-state index in [9.17, 15) is 0 Å². The molecule has 0 spiro atoms. The van der Waals surface area contributed by atoms with Crippen molar-refractivity contribution in [2.24, 2.45) is 5.11 Å². The summed E-state index contributed by atoms with van der Waals surface area (Å²) in [5.74, 6) is 0.744. The largest absolute Gasteiger partial charge is 0.338 e. The number of aromatic nitrogens is 1. The number of pyridine rings is 1. The van der Waals surface area contributed by atoms with Crippen LogP contribution in [0.5, 0.6) is 0 Å². The van der Waals surface area contributed by atoms with E-state index in [4.69, 9.17) is 5.53 Å². The van der Waals surface area contributed by atoms with Crippen molar-refractivity contribution in [3.63, 3.8) is 0 Å². The highest BCUT2D eigenvalue weighted by Crippen LogP contribution is 2.26. The summed E-state index contributed by atoms with van der Waals surface area (Å²) >= 11 is 0. The molecule has 0 amide bonds. The normalized spacial score (nSPS) is 9.60. The Hall–Kier alpha value is -2.23. The maximum atomic E-state index is 7.01. The van der Waals surface area contributed by atoms with Crippen LogP contribution in [0.25, 0.3) is 0 Å². The van der Waals surface area contributed by atoms with Crippen LogP contribution in [0.15, 0.2) is 53.8 Å². The molecular weight excluding hydrogens is 188 g/mol. The highest BCUT2D eigenvalue weighted by Gasteiger charge is 2.00. The predicted molar refractivity (Wildman–Crippen MR) is 58.8 cm³/mol. The molecule has 0 atom stereocenters. The van der Waals surface area contributed by atoms with Gasteiger partial charge in [-0.15, -0.1) is 0 Å². The lowest BCUT2D eigenvalue weighted by molar-refractivity contribution is 1.15. The van der Waals surface area contributed by atoms with Crippen molar-refractivity contribution < 1.29 is 0 Å². The van der Waals surface area contributed by atoms with Crippen LogP contribution in [-0.2, 0) is 0 Å². The molecule has 74 valence electrons. The van der Waals surface area contributed by atoms with Crippen LogP contribution in [0.3, 0.4) is 0 Å². The summed E-state index contributed by atoms with van der Waals surface area (Å²) in [6.07, 6.45) is 1.71. The third-order valence-corrected chi connectivity index (χ3v) is 1.95. The van der Waals surface area contributed by atoms with Crippen LogP contribution < -0.4 is 5.32 Å². The number of hydrogen-bond donors (Lipinski definition) is 2. The highest BCUT2D eigenvalue weighted by atomic mass is 15.0. The standard InChI is InChI=1S/C11H10N4/c12-15-10-6-2-1-5-9(10)14-11-7-3-4-8-13-11/h1-8,12H,(H,13,14). The molecule has 0 aliphatic carbocycles. The summed E-state index contributed by atoms with van der Waals surface area (Å²) in [4.78, 5) is 4.14. The zero-order valence-electron chi connectivity index (χ0n) is 8.01. The number of nitrogens with zero attached hydrogens (tertiary/aromatic N) is 2. The smallest absolute Gasteiger partial charge is 0.130 e. The maximum absolute atomic E-state index is 7.01. The van der Waals surface area contributed by atoms with Gasteiger partial charge in [-0.25, -0.2) is 10.5 Å². The Morgan fingerprint density at radius 2 is 1.87 bits per heavy atom. The number of benzene rings is 1. The van der Waals surface area contributed by atoms with Gasteiger partial charge in [0.2, 0.25) is 0 Å². The minimum atomic E-state index is 0.600. The summed E-state index contributed by atoms with van der Waals surface area (Å²) in [6.45, 7) is 0. The fraction of sp³-hybridized carbons (Fsp3) is 0. The quantitative estimate of drug-likeness (QED) is 0.741. The van der Waals surface area contributed by atoms with Gasteiger partial charge in [0.05, 0.1) is 5.69 Å². The van der Waals surface area contributed by atoms with Crippen LogP contribution in [-0.4, -0.2) is 4.98 Å². The number of hydrogen-bond acceptors (Lipinski definition) is 4. The average Bonchev–Trinajstić information content (AvgIpc) is 2.31. The van der Waals surface area contributed by atoms with Crippen molar-refractivity contribution in [2.75, 3.05) is 5.32 Å². The van der Waals surface area contributed by atoms with Crippen LogP contribution >= 0.6 is 0 Å². The Kier molecular flexibility index (Phi) is 2.69. The Balaban J connectivity index is 2.28. The molecule has 1 aromatic carbocycles. The lowest BCUT2D eigenvalue weighted by Gasteiger charge is -2.06. The molecule has 2 N–H and O–H groups in total. The zero-order chi connectivity index (χ0) is 10.5. The molecule has 0 saturated heterocycles. The van der Waals surface area contributed by atoms with Gasteiger partial charge in [-0.1, -0.05) is 18.2 Å². The monoisotopic (exact) mass is 198 g/mol. The number of rotatable bonds is 3. The van der Waals surface area contributed by atoms with Crippen molar-refractivity contribution in [1.82, 2.24) is 4.98 Å². The molecule has 4 nitrogen and oxygen atoms in total. The lowest BCUT2D eigenvalue weighted by atomic mass is 10.2. The zero-order valence-corrected chi connectivity index (χ0v) is 8.01. The fourth-order valence-corrected chi connectivity index (χ4v) is 1.25. The third kappa shape index (κ3) is 2.17. The van der Waals surface area contributed by atoms with Crippen molar-refractivity contribution in [2.45, 2.75) is 0 Å². The Labute approximate surface area is 87.5 Å². The molecule has 2 rings (SSSR count). The van der Waals surface area contributed by atoms with Gasteiger partial charge < -0.3 is 5.32 Å². The first-order valence-electron chi connectivity index (χ1n) is 4.55. The van der Waals surface area contributed by atoms with E-state index in [1.807, 2.05) is 36.4 Å². The van der Waals surface area contributed by atoms with Crippen molar-refractivity contribution in [3.05, 3.63) is 48.7 Å². The van der Waals surface area contributed by atoms with Crippen LogP contribution in [0.4, 0.5) is 17.2 Å². The molecular formula is C11H10N4. The molecule has 1 heterocycles. The van der Waals surface area contributed by atoms with E-state index < -0.39 is 0 Å². The van der Waals surface area contributed by atoms with E-state index in [0.717, 1.165) is 11.5 Å². The highest BCUT2D eigenvalue weighted by molar-refractivity contribution is 5.69. The van der Waals surface area contributed by atoms with E-state index in [0.29, 0.717) is 5.69 Å². The molecule has 0 radical (unpaired) electrons. The Morgan fingerprint density at radius 3 is 2.60 bits per heavy atom. The second kappa shape index (κ2) is 4.32. The second-order valence-corrected chi connectivity index (χ2v) is 2.97. The molecule has 0 fully saturated rings. The van der Waals surface area contributed by atoms with Gasteiger partial charge in [-0.2, -0.15) is 5.11 Å². The lowest BCUT2D eigenvalue weighted by Crippen LogP contribution is -1.92. The maximum Gasteiger partial charge on any atom is 0.130 e. The summed E-state index contributed by atoms with van der Waals surface area (Å²) < 4.78 is 0. The number of nitrogens with one attached hydrogen (secondary N) is 2. The molecule has 2 aromatic rings. The van der Waals surface area contributed by atoms with Gasteiger partial charge in [0.15, 0.2) is 0 Å². The molecule has 0 bridgehead atoms. The van der Waals surface area contributed by atoms with Crippen LogP contribution in [0, 0.1) is 5.53 Å². The van der Waals surface area contributed by atoms with Crippen LogP contribution in [0.2, 0.25) is 0 Å². The molecule has 0 aliphatic heterocycles. The first-order valence-corrected chi connectivity index (χ1v) is 4.55. The summed E-state index contributed by atoms with van der Waals surface area (Å²) in [5.41, 5.74) is 8.40. The van der Waals surface area contributed by atoms with Crippen LogP contribution in [0.1, 0.15) is 0 Å². The fourth-order valence-electron chi connectivity index (χ4n) is 1.25. The SMILES string of the molecule is N=Nc1ccccc1Nc1ccccn1. The summed E-state index contributed by atoms with van der Waals surface area (Å²) in [5, 5.41) is 6.52. The topological polar surface area (TPSA) is 61.1 Å². The summed E-state index contributed by atoms with van der Waals surface area (Å²) in [6, 6.07) is 13.0. The Morgan fingerprint density at radius 1 is 1.07 bits per heavy atom. The predicted octanol–water partition coefficient (Wildman–Crippen LogP) is 3.49. The average molecular weight is 198 g/mol. The molecule has 15 heavy (non-hydrogen) atoms. The minimum Gasteiger partial charge on any atom is -0.338 e. The van der Waals surface area contributed by atoms with Crippen molar-refractivity contribution in [3.8, 4) is 0 Å². The molecule has 0 aliphatic rings. The van der Waals surface area contributed by atoms with Gasteiger partial charge in [0.25, 0.3) is 0 Å². The Bertz CT molecular complexity index is 453. The summed E-state index contributed by atoms with van der Waals surface area (Å²) in [7, 11) is 0. The van der Waals surface area contributed by atoms with E-state index in [1.54, 1.807) is 12.3 Å². The molecule has 0 saturated carbocycles. The number of para-hydroxylation sites is 2. The first kappa shape index (κ1) is 9.33. The van der Waals surface area contributed by atoms with Gasteiger partial charge in [0.1, 0.15) is 11.5 Å². The van der Waals surface area contributed by atoms with E-state index in [2.05, 4.69) is 15.4 Å². The van der Waals surface area contributed by atoms with E-state index >= 15 is 0 Å². The molecule has 4 heteroatoms. The van der Waals surface area contributed by atoms with Gasteiger partial charge in [-0.05, 0) is 24.3 Å². The van der Waals surface area contributed by atoms with E-state index in [-0.39, 0.29) is 0 Å². The third-order valence-electron chi connectivity index (χ3n) is 1.95.